The molecule has 0 aromatic carbocycles. The molecule has 3 aromatic rings. The minimum Gasteiger partial charge on any atom is -0.354 e. The lowest BCUT2D eigenvalue weighted by atomic mass is 10.0. The Morgan fingerprint density at radius 1 is 1.22 bits per heavy atom. The van der Waals surface area contributed by atoms with Crippen molar-refractivity contribution in [3.63, 3.8) is 0 Å². The Morgan fingerprint density at radius 2 is 2.00 bits per heavy atom. The fourth-order valence-corrected chi connectivity index (χ4v) is 3.79. The number of hydrogen-bond donors (Lipinski definition) is 3. The molecule has 0 fully saturated rings. The largest absolute Gasteiger partial charge is 0.354 e. The highest BCUT2D eigenvalue weighted by Gasteiger charge is 2.27. The highest BCUT2D eigenvalue weighted by molar-refractivity contribution is 5.92. The standard InChI is InChI=1S/C20H24N8O4/c1-11-6-14(23-12(11)2)19(31)21-7-15-13-9-27(5-4-16(13)26(3)25-15)18(30)10-28-20(32)24-17(29)8-22-28/h6,8,23H,4-5,7,9-10H2,1-3H3,(H,21,31)(H,24,29,32). The lowest BCUT2D eigenvalue weighted by Gasteiger charge is -2.27. The first-order chi connectivity index (χ1) is 15.2. The van der Waals surface area contributed by atoms with Gasteiger partial charge in [0.1, 0.15) is 18.4 Å². The van der Waals surface area contributed by atoms with Crippen molar-refractivity contribution in [1.82, 2.24) is 39.7 Å². The maximum Gasteiger partial charge on any atom is 0.345 e. The normalized spacial score (nSPS) is 13.2. The Bertz CT molecular complexity index is 1290. The van der Waals surface area contributed by atoms with E-state index in [2.05, 4.69) is 25.5 Å². The molecule has 32 heavy (non-hydrogen) atoms. The summed E-state index contributed by atoms with van der Waals surface area (Å²) in [7, 11) is 1.84. The highest BCUT2D eigenvalue weighted by atomic mass is 16.2. The number of aryl methyl sites for hydroxylation is 3. The van der Waals surface area contributed by atoms with Crippen LogP contribution in [0.15, 0.2) is 21.9 Å². The summed E-state index contributed by atoms with van der Waals surface area (Å²) in [5.41, 5.74) is 3.66. The van der Waals surface area contributed by atoms with Gasteiger partial charge >= 0.3 is 5.69 Å². The molecular formula is C20H24N8O4. The Labute approximate surface area is 182 Å². The smallest absolute Gasteiger partial charge is 0.345 e. The SMILES string of the molecule is Cc1cc(C(=O)NCc2nn(C)c3c2CN(C(=O)Cn2ncc(=O)[nH]c2=O)CC3)[nH]c1C. The second kappa shape index (κ2) is 8.29. The van der Waals surface area contributed by atoms with E-state index in [0.717, 1.165) is 33.4 Å². The number of nitrogens with zero attached hydrogens (tertiary/aromatic N) is 5. The molecule has 0 unspecified atom stereocenters. The van der Waals surface area contributed by atoms with Gasteiger partial charge in [-0.3, -0.25) is 24.0 Å². The molecule has 4 rings (SSSR count). The number of H-pyrrole nitrogens is 2. The van der Waals surface area contributed by atoms with Gasteiger partial charge in [-0.25, -0.2) is 9.48 Å². The zero-order valence-corrected chi connectivity index (χ0v) is 18.1. The summed E-state index contributed by atoms with van der Waals surface area (Å²) in [6.45, 7) is 4.57. The molecule has 0 aliphatic carbocycles. The number of aromatic nitrogens is 6. The predicted molar refractivity (Wildman–Crippen MR) is 113 cm³/mol. The van der Waals surface area contributed by atoms with Crippen LogP contribution in [0.25, 0.3) is 0 Å². The molecule has 12 heteroatoms. The average Bonchev–Trinajstić information content (AvgIpc) is 3.26. The number of nitrogens with one attached hydrogen (secondary N) is 3. The third kappa shape index (κ3) is 4.11. The van der Waals surface area contributed by atoms with Crippen molar-refractivity contribution < 1.29 is 9.59 Å². The van der Waals surface area contributed by atoms with Gasteiger partial charge in [-0.15, -0.1) is 0 Å². The molecule has 168 valence electrons. The fraction of sp³-hybridized carbons (Fsp3) is 0.400. The first-order valence-corrected chi connectivity index (χ1v) is 10.1. The van der Waals surface area contributed by atoms with Crippen molar-refractivity contribution in [3.8, 4) is 0 Å². The summed E-state index contributed by atoms with van der Waals surface area (Å²) >= 11 is 0. The van der Waals surface area contributed by atoms with Gasteiger partial charge in [0, 0.05) is 43.5 Å². The van der Waals surface area contributed by atoms with Gasteiger partial charge in [0.05, 0.1) is 12.2 Å². The summed E-state index contributed by atoms with van der Waals surface area (Å²) in [6, 6.07) is 1.80. The van der Waals surface area contributed by atoms with E-state index in [4.69, 9.17) is 0 Å². The third-order valence-corrected chi connectivity index (χ3v) is 5.68. The number of aromatic amines is 2. The zero-order valence-electron chi connectivity index (χ0n) is 18.1. The summed E-state index contributed by atoms with van der Waals surface area (Å²) in [4.78, 5) is 55.0. The quantitative estimate of drug-likeness (QED) is 0.469. The van der Waals surface area contributed by atoms with Crippen LogP contribution < -0.4 is 16.6 Å². The van der Waals surface area contributed by atoms with Crippen molar-refractivity contribution in [3.05, 3.63) is 67.0 Å². The van der Waals surface area contributed by atoms with E-state index >= 15 is 0 Å². The maximum atomic E-state index is 12.8. The molecule has 3 N–H and O–H groups in total. The summed E-state index contributed by atoms with van der Waals surface area (Å²) in [6.07, 6.45) is 1.56. The number of hydrogen-bond acceptors (Lipinski definition) is 6. The third-order valence-electron chi connectivity index (χ3n) is 5.68. The summed E-state index contributed by atoms with van der Waals surface area (Å²) in [5, 5.41) is 11.1. The number of amides is 2. The molecule has 1 aliphatic heterocycles. The van der Waals surface area contributed by atoms with E-state index in [-0.39, 0.29) is 24.9 Å². The van der Waals surface area contributed by atoms with Crippen LogP contribution in [0.2, 0.25) is 0 Å². The van der Waals surface area contributed by atoms with Gasteiger partial charge < -0.3 is 15.2 Å². The Balaban J connectivity index is 1.46. The molecule has 2 amide bonds. The molecule has 0 radical (unpaired) electrons. The van der Waals surface area contributed by atoms with Crippen LogP contribution in [0.3, 0.4) is 0 Å². The summed E-state index contributed by atoms with van der Waals surface area (Å²) in [5.74, 6) is -0.527. The molecule has 0 atom stereocenters. The molecule has 0 bridgehead atoms. The van der Waals surface area contributed by atoms with E-state index in [1.165, 1.54) is 0 Å². The number of carbonyl (C=O) groups is 2. The minimum absolute atomic E-state index is 0.224. The molecule has 0 saturated carbocycles. The topological polar surface area (TPSA) is 151 Å². The molecule has 12 nitrogen and oxygen atoms in total. The van der Waals surface area contributed by atoms with Crippen LogP contribution in [0, 0.1) is 13.8 Å². The fourth-order valence-electron chi connectivity index (χ4n) is 3.79. The van der Waals surface area contributed by atoms with Crippen molar-refractivity contribution >= 4 is 11.8 Å². The van der Waals surface area contributed by atoms with Crippen LogP contribution in [-0.2, 0) is 37.9 Å². The second-order valence-corrected chi connectivity index (χ2v) is 7.83. The lowest BCUT2D eigenvalue weighted by Crippen LogP contribution is -2.42. The number of rotatable bonds is 5. The van der Waals surface area contributed by atoms with Gasteiger partial charge in [-0.1, -0.05) is 0 Å². The van der Waals surface area contributed by atoms with Gasteiger partial charge in [0.2, 0.25) is 5.91 Å². The monoisotopic (exact) mass is 440 g/mol. The Morgan fingerprint density at radius 3 is 2.69 bits per heavy atom. The molecule has 0 saturated heterocycles. The Kier molecular flexibility index (Phi) is 5.51. The van der Waals surface area contributed by atoms with Crippen molar-refractivity contribution in [2.45, 2.75) is 39.9 Å². The minimum atomic E-state index is -0.733. The van der Waals surface area contributed by atoms with Gasteiger partial charge in [0.15, 0.2) is 0 Å². The molecule has 3 aromatic heterocycles. The molecule has 1 aliphatic rings. The van der Waals surface area contributed by atoms with Gasteiger partial charge in [-0.05, 0) is 25.5 Å². The Hall–Kier alpha value is -3.96. The van der Waals surface area contributed by atoms with E-state index in [1.54, 1.807) is 15.6 Å². The zero-order chi connectivity index (χ0) is 23.0. The van der Waals surface area contributed by atoms with Gasteiger partial charge in [0.25, 0.3) is 11.5 Å². The van der Waals surface area contributed by atoms with Crippen molar-refractivity contribution in [1.29, 1.82) is 0 Å². The molecular weight excluding hydrogens is 416 g/mol. The van der Waals surface area contributed by atoms with Crippen LogP contribution in [0.1, 0.15) is 38.7 Å². The maximum absolute atomic E-state index is 12.8. The van der Waals surface area contributed by atoms with Crippen molar-refractivity contribution in [2.75, 3.05) is 6.54 Å². The molecule has 0 spiro atoms. The van der Waals surface area contributed by atoms with Crippen LogP contribution in [0.5, 0.6) is 0 Å². The first kappa shape index (κ1) is 21.3. The van der Waals surface area contributed by atoms with Crippen LogP contribution in [-0.4, -0.2) is 52.8 Å². The highest BCUT2D eigenvalue weighted by Crippen LogP contribution is 2.22. The van der Waals surface area contributed by atoms with E-state index < -0.39 is 11.2 Å². The van der Waals surface area contributed by atoms with E-state index in [9.17, 15) is 19.2 Å². The van der Waals surface area contributed by atoms with Crippen LogP contribution >= 0.6 is 0 Å². The van der Waals surface area contributed by atoms with Crippen molar-refractivity contribution in [2.24, 2.45) is 7.05 Å². The van der Waals surface area contributed by atoms with E-state index in [1.807, 2.05) is 20.9 Å². The summed E-state index contributed by atoms with van der Waals surface area (Å²) < 4.78 is 2.69. The van der Waals surface area contributed by atoms with Gasteiger partial charge in [-0.2, -0.15) is 10.2 Å². The number of fused-ring (bicyclic) bond motifs is 1. The number of carbonyl (C=O) groups excluding carboxylic acids is 2. The lowest BCUT2D eigenvalue weighted by molar-refractivity contribution is -0.133. The van der Waals surface area contributed by atoms with E-state index in [0.29, 0.717) is 30.9 Å². The van der Waals surface area contributed by atoms with Crippen LogP contribution in [0.4, 0.5) is 0 Å². The molecule has 4 heterocycles. The average molecular weight is 440 g/mol. The first-order valence-electron chi connectivity index (χ1n) is 10.1. The second-order valence-electron chi connectivity index (χ2n) is 7.83. The predicted octanol–water partition coefficient (Wildman–Crippen LogP) is -0.875.